The summed E-state index contributed by atoms with van der Waals surface area (Å²) in [4.78, 5) is 21.5. The highest BCUT2D eigenvalue weighted by Gasteiger charge is 2.13. The summed E-state index contributed by atoms with van der Waals surface area (Å²) in [5.74, 6) is -0.773. The number of carboxylic acid groups (broad SMARTS) is 2. The van der Waals surface area contributed by atoms with Crippen molar-refractivity contribution in [2.24, 2.45) is 5.73 Å². The molecule has 1 saturated heterocycles. The maximum absolute atomic E-state index is 10.3. The average molecular weight is 232 g/mol. The molecule has 0 unspecified atom stereocenters. The molecule has 0 aromatic heterocycles. The Balaban J connectivity index is 0.000000293. The first-order chi connectivity index (χ1) is 7.57. The van der Waals surface area contributed by atoms with Crippen LogP contribution in [0.15, 0.2) is 0 Å². The minimum Gasteiger partial charge on any atom is -0.481 e. The van der Waals surface area contributed by atoms with Crippen molar-refractivity contribution in [3.63, 3.8) is 0 Å². The Morgan fingerprint density at radius 3 is 1.94 bits per heavy atom. The summed E-state index contributed by atoms with van der Waals surface area (Å²) in [6.07, 6.45) is 3.25. The van der Waals surface area contributed by atoms with Crippen LogP contribution in [0.1, 0.15) is 32.1 Å². The largest absolute Gasteiger partial charge is 0.481 e. The first-order valence-electron chi connectivity index (χ1n) is 5.47. The Labute approximate surface area is 95.0 Å². The molecule has 0 radical (unpaired) electrons. The lowest BCUT2D eigenvalue weighted by Gasteiger charge is -2.22. The molecule has 0 aromatic rings. The van der Waals surface area contributed by atoms with Gasteiger partial charge in [0.15, 0.2) is 0 Å². The van der Waals surface area contributed by atoms with Crippen LogP contribution in [-0.2, 0) is 4.79 Å². The van der Waals surface area contributed by atoms with Crippen LogP contribution in [0.25, 0.3) is 0 Å². The van der Waals surface area contributed by atoms with Gasteiger partial charge < -0.3 is 20.8 Å². The van der Waals surface area contributed by atoms with E-state index in [4.69, 9.17) is 15.9 Å². The van der Waals surface area contributed by atoms with E-state index < -0.39 is 12.1 Å². The number of nitrogens with zero attached hydrogens (tertiary/aromatic N) is 1. The van der Waals surface area contributed by atoms with E-state index in [0.29, 0.717) is 13.0 Å². The lowest BCUT2D eigenvalue weighted by atomic mass is 10.1. The van der Waals surface area contributed by atoms with Crippen molar-refractivity contribution >= 4 is 12.1 Å². The van der Waals surface area contributed by atoms with Crippen LogP contribution >= 0.6 is 0 Å². The van der Waals surface area contributed by atoms with E-state index in [0.717, 1.165) is 25.9 Å². The number of hydrogen-bond donors (Lipinski definition) is 3. The third-order valence-corrected chi connectivity index (χ3v) is 2.22. The molecule has 1 heterocycles. The Morgan fingerprint density at radius 1 is 1.12 bits per heavy atom. The molecule has 0 saturated carbocycles. The van der Waals surface area contributed by atoms with Gasteiger partial charge in [0.2, 0.25) is 0 Å². The molecule has 0 aromatic carbocycles. The van der Waals surface area contributed by atoms with Crippen LogP contribution < -0.4 is 5.73 Å². The van der Waals surface area contributed by atoms with Gasteiger partial charge in [0, 0.05) is 19.5 Å². The number of carbonyl (C=O) groups is 2. The first-order valence-corrected chi connectivity index (χ1v) is 5.47. The lowest BCUT2D eigenvalue weighted by molar-refractivity contribution is -0.137. The molecule has 16 heavy (non-hydrogen) atoms. The van der Waals surface area contributed by atoms with Crippen LogP contribution in [0, 0.1) is 0 Å². The average Bonchev–Trinajstić information content (AvgIpc) is 2.28. The van der Waals surface area contributed by atoms with Crippen molar-refractivity contribution in [3.8, 4) is 0 Å². The topological polar surface area (TPSA) is 104 Å². The summed E-state index contributed by atoms with van der Waals surface area (Å²) in [5.41, 5.74) is 5.01. The molecule has 6 nitrogen and oxygen atoms in total. The van der Waals surface area contributed by atoms with E-state index in [1.807, 2.05) is 0 Å². The fourth-order valence-electron chi connectivity index (χ4n) is 1.34. The Hall–Kier alpha value is -1.30. The molecule has 0 aliphatic carbocycles. The maximum Gasteiger partial charge on any atom is 0.407 e. The highest BCUT2D eigenvalue weighted by molar-refractivity contribution is 5.66. The Morgan fingerprint density at radius 2 is 1.69 bits per heavy atom. The van der Waals surface area contributed by atoms with Crippen LogP contribution in [0.5, 0.6) is 0 Å². The quantitative estimate of drug-likeness (QED) is 0.672. The summed E-state index contributed by atoms with van der Waals surface area (Å²) in [7, 11) is 0. The van der Waals surface area contributed by atoms with Gasteiger partial charge in [0.05, 0.1) is 0 Å². The normalized spacial score (nSPS) is 14.9. The third kappa shape index (κ3) is 8.05. The van der Waals surface area contributed by atoms with Crippen molar-refractivity contribution in [1.29, 1.82) is 0 Å². The molecule has 1 aliphatic rings. The van der Waals surface area contributed by atoms with E-state index in [1.54, 1.807) is 0 Å². The standard InChI is InChI=1S/C6H11NO2.C4H9NO2/c8-6(9)7-4-2-1-3-5-7;5-3-1-2-4(6)7/h1-5H2,(H,8,9);1-3,5H2,(H,6,7). The molecule has 0 spiro atoms. The van der Waals surface area contributed by atoms with Crippen LogP contribution in [-0.4, -0.2) is 46.8 Å². The third-order valence-electron chi connectivity index (χ3n) is 2.22. The molecule has 6 heteroatoms. The highest BCUT2D eigenvalue weighted by atomic mass is 16.4. The lowest BCUT2D eigenvalue weighted by Crippen LogP contribution is -2.34. The molecule has 94 valence electrons. The predicted octanol–water partition coefficient (Wildman–Crippen LogP) is 0.960. The molecule has 0 atom stereocenters. The van der Waals surface area contributed by atoms with Crippen molar-refractivity contribution in [2.75, 3.05) is 19.6 Å². The molecule has 1 amide bonds. The molecule has 1 rings (SSSR count). The van der Waals surface area contributed by atoms with Crippen LogP contribution in [0.2, 0.25) is 0 Å². The maximum atomic E-state index is 10.3. The van der Waals surface area contributed by atoms with Gasteiger partial charge in [-0.15, -0.1) is 0 Å². The Kier molecular flexibility index (Phi) is 8.24. The minimum absolute atomic E-state index is 0.191. The van der Waals surface area contributed by atoms with E-state index in [1.165, 1.54) is 11.3 Å². The number of carboxylic acids is 1. The second kappa shape index (κ2) is 8.96. The molecule has 1 aliphatic heterocycles. The van der Waals surface area contributed by atoms with Gasteiger partial charge >= 0.3 is 12.1 Å². The fraction of sp³-hybridized carbons (Fsp3) is 0.800. The smallest absolute Gasteiger partial charge is 0.407 e. The van der Waals surface area contributed by atoms with Crippen molar-refractivity contribution in [3.05, 3.63) is 0 Å². The summed E-state index contributed by atoms with van der Waals surface area (Å²) in [6, 6.07) is 0. The van der Waals surface area contributed by atoms with Crippen molar-refractivity contribution < 1.29 is 19.8 Å². The number of piperidine rings is 1. The summed E-state index contributed by atoms with van der Waals surface area (Å²) in [6.45, 7) is 1.93. The second-order valence-electron chi connectivity index (χ2n) is 3.62. The first kappa shape index (κ1) is 14.7. The predicted molar refractivity (Wildman–Crippen MR) is 59.4 cm³/mol. The van der Waals surface area contributed by atoms with Gasteiger partial charge in [0.25, 0.3) is 0 Å². The molecular formula is C10H20N2O4. The summed E-state index contributed by atoms with van der Waals surface area (Å²) in [5, 5.41) is 16.5. The number of amides is 1. The minimum atomic E-state index is -0.773. The van der Waals surface area contributed by atoms with Gasteiger partial charge in [-0.3, -0.25) is 4.79 Å². The number of likely N-dealkylation sites (tertiary alicyclic amines) is 1. The van der Waals surface area contributed by atoms with E-state index in [9.17, 15) is 9.59 Å². The summed E-state index contributed by atoms with van der Waals surface area (Å²) >= 11 is 0. The highest BCUT2D eigenvalue weighted by Crippen LogP contribution is 2.07. The van der Waals surface area contributed by atoms with E-state index in [-0.39, 0.29) is 6.42 Å². The van der Waals surface area contributed by atoms with Gasteiger partial charge in [-0.1, -0.05) is 0 Å². The zero-order chi connectivity index (χ0) is 12.4. The van der Waals surface area contributed by atoms with Crippen molar-refractivity contribution in [1.82, 2.24) is 4.90 Å². The van der Waals surface area contributed by atoms with Gasteiger partial charge in [-0.2, -0.15) is 0 Å². The number of rotatable bonds is 3. The number of aliphatic carboxylic acids is 1. The van der Waals surface area contributed by atoms with E-state index >= 15 is 0 Å². The Bertz CT molecular complexity index is 215. The van der Waals surface area contributed by atoms with Gasteiger partial charge in [0.1, 0.15) is 0 Å². The van der Waals surface area contributed by atoms with Crippen LogP contribution in [0.4, 0.5) is 4.79 Å². The second-order valence-corrected chi connectivity index (χ2v) is 3.62. The molecule has 0 bridgehead atoms. The van der Waals surface area contributed by atoms with Crippen molar-refractivity contribution in [2.45, 2.75) is 32.1 Å². The monoisotopic (exact) mass is 232 g/mol. The summed E-state index contributed by atoms with van der Waals surface area (Å²) < 4.78 is 0. The van der Waals surface area contributed by atoms with Crippen LogP contribution in [0.3, 0.4) is 0 Å². The van der Waals surface area contributed by atoms with Gasteiger partial charge in [-0.25, -0.2) is 4.79 Å². The number of hydrogen-bond acceptors (Lipinski definition) is 3. The van der Waals surface area contributed by atoms with Gasteiger partial charge in [-0.05, 0) is 32.2 Å². The molecule has 4 N–H and O–H groups in total. The van der Waals surface area contributed by atoms with E-state index in [2.05, 4.69) is 0 Å². The zero-order valence-corrected chi connectivity index (χ0v) is 9.39. The SMILES string of the molecule is NCCCC(=O)O.O=C(O)N1CCCCC1. The molecule has 1 fully saturated rings. The molecular weight excluding hydrogens is 212 g/mol. The number of nitrogens with two attached hydrogens (primary N) is 1. The fourth-order valence-corrected chi connectivity index (χ4v) is 1.34. The zero-order valence-electron chi connectivity index (χ0n) is 9.39.